The SMILES string of the molecule is Cc1ncsc1C(=O)NC1CCCCC12CN(Cc1cnn(C(C)C)c1)CCO2. The van der Waals surface area contributed by atoms with E-state index >= 15 is 0 Å². The molecular formula is C21H31N5O2S. The van der Waals surface area contributed by atoms with Crippen molar-refractivity contribution in [3.05, 3.63) is 34.0 Å². The quantitative estimate of drug-likeness (QED) is 0.809. The molecule has 1 aliphatic heterocycles. The van der Waals surface area contributed by atoms with Crippen molar-refractivity contribution in [1.29, 1.82) is 0 Å². The lowest BCUT2D eigenvalue weighted by atomic mass is 9.78. The Labute approximate surface area is 176 Å². The summed E-state index contributed by atoms with van der Waals surface area (Å²) in [6.45, 7) is 9.48. The lowest BCUT2D eigenvalue weighted by molar-refractivity contribution is -0.143. The van der Waals surface area contributed by atoms with Gasteiger partial charge in [0.15, 0.2) is 0 Å². The second kappa shape index (κ2) is 8.53. The van der Waals surface area contributed by atoms with Gasteiger partial charge in [0.2, 0.25) is 0 Å². The average molecular weight is 418 g/mol. The first-order valence-corrected chi connectivity index (χ1v) is 11.4. The van der Waals surface area contributed by atoms with E-state index in [4.69, 9.17) is 4.74 Å². The molecular weight excluding hydrogens is 386 g/mol. The summed E-state index contributed by atoms with van der Waals surface area (Å²) in [5, 5.41) is 7.76. The van der Waals surface area contributed by atoms with E-state index in [-0.39, 0.29) is 17.6 Å². The lowest BCUT2D eigenvalue weighted by Gasteiger charge is -2.49. The Bertz CT molecular complexity index is 844. The third kappa shape index (κ3) is 4.39. The molecule has 1 saturated carbocycles. The van der Waals surface area contributed by atoms with Crippen LogP contribution in [-0.2, 0) is 11.3 Å². The third-order valence-electron chi connectivity index (χ3n) is 6.11. The summed E-state index contributed by atoms with van der Waals surface area (Å²) >= 11 is 1.40. The van der Waals surface area contributed by atoms with E-state index in [1.54, 1.807) is 5.51 Å². The van der Waals surface area contributed by atoms with Crippen LogP contribution in [0.2, 0.25) is 0 Å². The third-order valence-corrected chi connectivity index (χ3v) is 7.04. The summed E-state index contributed by atoms with van der Waals surface area (Å²) in [5.74, 6) is -0.0183. The van der Waals surface area contributed by atoms with Crippen LogP contribution < -0.4 is 5.32 Å². The van der Waals surface area contributed by atoms with Crippen LogP contribution in [0, 0.1) is 6.92 Å². The van der Waals surface area contributed by atoms with E-state index in [1.165, 1.54) is 16.9 Å². The minimum absolute atomic E-state index is 0.0183. The summed E-state index contributed by atoms with van der Waals surface area (Å²) < 4.78 is 8.40. The predicted octanol–water partition coefficient (Wildman–Crippen LogP) is 3.17. The van der Waals surface area contributed by atoms with Crippen molar-refractivity contribution in [2.24, 2.45) is 0 Å². The standard InChI is InChI=1S/C21H31N5O2S/c1-15(2)26-12-17(10-23-26)11-25-8-9-28-21(13-25)7-5-4-6-18(21)24-20(27)19-16(3)22-14-29-19/h10,12,14-15,18H,4-9,11,13H2,1-3H3,(H,24,27). The van der Waals surface area contributed by atoms with Crippen molar-refractivity contribution in [1.82, 2.24) is 25.0 Å². The molecule has 2 aromatic heterocycles. The molecule has 29 heavy (non-hydrogen) atoms. The van der Waals surface area contributed by atoms with Crippen LogP contribution in [0.15, 0.2) is 17.9 Å². The molecule has 1 N–H and O–H groups in total. The second-order valence-electron chi connectivity index (χ2n) is 8.58. The van der Waals surface area contributed by atoms with E-state index in [1.807, 2.05) is 17.8 Å². The molecule has 2 unspecified atom stereocenters. The predicted molar refractivity (Wildman–Crippen MR) is 113 cm³/mol. The van der Waals surface area contributed by atoms with Gasteiger partial charge in [0.25, 0.3) is 5.91 Å². The van der Waals surface area contributed by atoms with Gasteiger partial charge in [-0.1, -0.05) is 12.8 Å². The molecule has 7 nitrogen and oxygen atoms in total. The number of hydrogen-bond donors (Lipinski definition) is 1. The van der Waals surface area contributed by atoms with Gasteiger partial charge in [0.1, 0.15) is 10.5 Å². The molecule has 8 heteroatoms. The first kappa shape index (κ1) is 20.5. The van der Waals surface area contributed by atoms with Crippen LogP contribution in [0.5, 0.6) is 0 Å². The van der Waals surface area contributed by atoms with Crippen molar-refractivity contribution >= 4 is 17.2 Å². The zero-order valence-corrected chi connectivity index (χ0v) is 18.4. The van der Waals surface area contributed by atoms with Crippen LogP contribution in [0.1, 0.15) is 66.5 Å². The van der Waals surface area contributed by atoms with E-state index in [0.29, 0.717) is 17.5 Å². The van der Waals surface area contributed by atoms with Gasteiger partial charge in [-0.05, 0) is 33.6 Å². The van der Waals surface area contributed by atoms with Crippen molar-refractivity contribution < 1.29 is 9.53 Å². The van der Waals surface area contributed by atoms with E-state index in [2.05, 4.69) is 40.3 Å². The molecule has 1 saturated heterocycles. The van der Waals surface area contributed by atoms with Gasteiger partial charge < -0.3 is 10.1 Å². The molecule has 2 aliphatic rings. The number of aromatic nitrogens is 3. The zero-order chi connectivity index (χ0) is 20.4. The molecule has 1 aliphatic carbocycles. The fraction of sp³-hybridized carbons (Fsp3) is 0.667. The average Bonchev–Trinajstić information content (AvgIpc) is 3.33. The topological polar surface area (TPSA) is 72.3 Å². The number of aryl methyl sites for hydroxylation is 1. The summed E-state index contributed by atoms with van der Waals surface area (Å²) in [6, 6.07) is 0.402. The van der Waals surface area contributed by atoms with Crippen LogP contribution in [0.25, 0.3) is 0 Å². The minimum Gasteiger partial charge on any atom is -0.370 e. The van der Waals surface area contributed by atoms with Gasteiger partial charge in [-0.2, -0.15) is 5.10 Å². The Morgan fingerprint density at radius 3 is 3.03 bits per heavy atom. The number of thiazole rings is 1. The highest BCUT2D eigenvalue weighted by molar-refractivity contribution is 7.11. The molecule has 1 amide bonds. The number of hydrogen-bond acceptors (Lipinski definition) is 6. The van der Waals surface area contributed by atoms with Gasteiger partial charge in [-0.15, -0.1) is 11.3 Å². The number of nitrogens with zero attached hydrogens (tertiary/aromatic N) is 4. The maximum Gasteiger partial charge on any atom is 0.263 e. The fourth-order valence-corrected chi connectivity index (χ4v) is 5.24. The molecule has 4 rings (SSSR count). The van der Waals surface area contributed by atoms with Crippen LogP contribution >= 0.6 is 11.3 Å². The summed E-state index contributed by atoms with van der Waals surface area (Å²) in [6.07, 6.45) is 8.32. The number of carbonyl (C=O) groups excluding carboxylic acids is 1. The number of ether oxygens (including phenoxy) is 1. The summed E-state index contributed by atoms with van der Waals surface area (Å²) in [5.41, 5.74) is 3.45. The van der Waals surface area contributed by atoms with Gasteiger partial charge in [-0.3, -0.25) is 14.4 Å². The molecule has 2 fully saturated rings. The summed E-state index contributed by atoms with van der Waals surface area (Å²) in [7, 11) is 0. The van der Waals surface area contributed by atoms with Crippen molar-refractivity contribution in [3.8, 4) is 0 Å². The van der Waals surface area contributed by atoms with Crippen LogP contribution in [0.4, 0.5) is 0 Å². The highest BCUT2D eigenvalue weighted by Crippen LogP contribution is 2.35. The van der Waals surface area contributed by atoms with Crippen molar-refractivity contribution in [2.45, 2.75) is 70.7 Å². The fourth-order valence-electron chi connectivity index (χ4n) is 4.54. The molecule has 0 aromatic carbocycles. The first-order valence-electron chi connectivity index (χ1n) is 10.6. The maximum atomic E-state index is 12.8. The maximum absolute atomic E-state index is 12.8. The van der Waals surface area contributed by atoms with Gasteiger partial charge >= 0.3 is 0 Å². The molecule has 0 bridgehead atoms. The molecule has 0 radical (unpaired) electrons. The molecule has 2 atom stereocenters. The Kier molecular flexibility index (Phi) is 6.03. The van der Waals surface area contributed by atoms with E-state index in [0.717, 1.165) is 51.0 Å². The largest absolute Gasteiger partial charge is 0.370 e. The molecule has 1 spiro atoms. The Balaban J connectivity index is 1.46. The highest BCUT2D eigenvalue weighted by Gasteiger charge is 2.46. The lowest BCUT2D eigenvalue weighted by Crippen LogP contribution is -2.63. The Hall–Kier alpha value is -1.77. The Morgan fingerprint density at radius 1 is 1.45 bits per heavy atom. The van der Waals surface area contributed by atoms with E-state index < -0.39 is 0 Å². The van der Waals surface area contributed by atoms with E-state index in [9.17, 15) is 4.79 Å². The Morgan fingerprint density at radius 2 is 2.31 bits per heavy atom. The van der Waals surface area contributed by atoms with Crippen molar-refractivity contribution in [2.75, 3.05) is 19.7 Å². The highest BCUT2D eigenvalue weighted by atomic mass is 32.1. The molecule has 3 heterocycles. The molecule has 2 aromatic rings. The van der Waals surface area contributed by atoms with Gasteiger partial charge in [0.05, 0.1) is 30.1 Å². The van der Waals surface area contributed by atoms with Gasteiger partial charge in [-0.25, -0.2) is 4.98 Å². The number of amides is 1. The number of nitrogens with one attached hydrogen (secondary N) is 1. The number of morpholine rings is 1. The smallest absolute Gasteiger partial charge is 0.263 e. The second-order valence-corrected chi connectivity index (χ2v) is 9.44. The number of rotatable bonds is 5. The van der Waals surface area contributed by atoms with Crippen LogP contribution in [-0.4, -0.2) is 56.9 Å². The monoisotopic (exact) mass is 417 g/mol. The minimum atomic E-state index is -0.307. The van der Waals surface area contributed by atoms with Crippen molar-refractivity contribution in [3.63, 3.8) is 0 Å². The molecule has 158 valence electrons. The zero-order valence-electron chi connectivity index (χ0n) is 17.6. The van der Waals surface area contributed by atoms with Gasteiger partial charge in [0, 0.05) is 37.4 Å². The number of carbonyl (C=O) groups is 1. The summed E-state index contributed by atoms with van der Waals surface area (Å²) in [4.78, 5) is 20.2. The first-order chi connectivity index (χ1) is 14.0. The normalized spacial score (nSPS) is 25.6. The van der Waals surface area contributed by atoms with Crippen LogP contribution in [0.3, 0.4) is 0 Å².